The number of aromatic nitrogens is 3. The molecule has 0 N–H and O–H groups in total. The Labute approximate surface area is 110 Å². The molecule has 98 valence electrons. The van der Waals surface area contributed by atoms with Crippen LogP contribution >= 0.6 is 0 Å². The maximum Gasteiger partial charge on any atom is 0.415 e. The number of hydrogen-bond acceptors (Lipinski definition) is 4. The Bertz CT molecular complexity index is 594. The van der Waals surface area contributed by atoms with Crippen molar-refractivity contribution in [2.24, 2.45) is 0 Å². The Morgan fingerprint density at radius 2 is 2.00 bits per heavy atom. The average Bonchev–Trinajstić information content (AvgIpc) is 2.81. The van der Waals surface area contributed by atoms with Gasteiger partial charge in [-0.15, -0.1) is 10.2 Å². The molecule has 0 saturated carbocycles. The number of carbonyl (C=O) groups is 1. The molecule has 2 aromatic rings. The molecule has 2 heterocycles. The summed E-state index contributed by atoms with van der Waals surface area (Å²) in [5, 5.41) is 8.07. The van der Waals surface area contributed by atoms with Crippen LogP contribution in [0.3, 0.4) is 0 Å². The van der Waals surface area contributed by atoms with Crippen molar-refractivity contribution in [2.45, 2.75) is 20.0 Å². The van der Waals surface area contributed by atoms with Crippen molar-refractivity contribution in [2.75, 3.05) is 6.54 Å². The Morgan fingerprint density at radius 1 is 1.21 bits per heavy atom. The highest BCUT2D eigenvalue weighted by atomic mass is 16.6. The van der Waals surface area contributed by atoms with E-state index in [0.29, 0.717) is 25.4 Å². The summed E-state index contributed by atoms with van der Waals surface area (Å²) in [7, 11) is 0. The molecule has 3 rings (SSSR count). The molecule has 19 heavy (non-hydrogen) atoms. The van der Waals surface area contributed by atoms with Crippen LogP contribution in [0.15, 0.2) is 30.3 Å². The fourth-order valence-electron chi connectivity index (χ4n) is 2.11. The summed E-state index contributed by atoms with van der Waals surface area (Å²) in [6.45, 7) is 3.66. The average molecular weight is 258 g/mol. The van der Waals surface area contributed by atoms with Crippen molar-refractivity contribution in [3.05, 3.63) is 42.0 Å². The molecule has 0 spiro atoms. The molecule has 0 unspecified atom stereocenters. The number of ether oxygens (including phenoxy) is 1. The molecule has 0 atom stereocenters. The molecule has 0 radical (unpaired) electrons. The molecule has 0 bridgehead atoms. The van der Waals surface area contributed by atoms with Crippen molar-refractivity contribution < 1.29 is 9.53 Å². The van der Waals surface area contributed by atoms with Gasteiger partial charge in [0.15, 0.2) is 5.82 Å². The zero-order chi connectivity index (χ0) is 13.2. The predicted molar refractivity (Wildman–Crippen MR) is 67.6 cm³/mol. The lowest BCUT2D eigenvalue weighted by atomic mass is 10.3. The summed E-state index contributed by atoms with van der Waals surface area (Å²) in [4.78, 5) is 13.7. The number of carbonyl (C=O) groups excluding carboxylic acids is 1. The maximum atomic E-state index is 12.0. The van der Waals surface area contributed by atoms with Crippen LogP contribution in [0.2, 0.25) is 0 Å². The van der Waals surface area contributed by atoms with Crippen molar-refractivity contribution in [1.29, 1.82) is 0 Å². The van der Waals surface area contributed by atoms with Crippen LogP contribution in [0.1, 0.15) is 11.6 Å². The second-order valence-corrected chi connectivity index (χ2v) is 4.42. The van der Waals surface area contributed by atoms with Crippen LogP contribution in [-0.4, -0.2) is 32.3 Å². The highest BCUT2D eigenvalue weighted by molar-refractivity contribution is 5.70. The number of para-hydroxylation sites is 1. The van der Waals surface area contributed by atoms with Gasteiger partial charge >= 0.3 is 6.09 Å². The summed E-state index contributed by atoms with van der Waals surface area (Å²) in [6, 6.07) is 9.06. The number of amides is 1. The fourth-order valence-corrected chi connectivity index (χ4v) is 2.11. The maximum absolute atomic E-state index is 12.0. The zero-order valence-corrected chi connectivity index (χ0v) is 10.6. The molecule has 1 aliphatic rings. The van der Waals surface area contributed by atoms with Crippen LogP contribution in [0.4, 0.5) is 4.79 Å². The van der Waals surface area contributed by atoms with Gasteiger partial charge in [0.2, 0.25) is 0 Å². The first kappa shape index (κ1) is 11.7. The van der Waals surface area contributed by atoms with E-state index >= 15 is 0 Å². The van der Waals surface area contributed by atoms with E-state index < -0.39 is 0 Å². The van der Waals surface area contributed by atoms with Gasteiger partial charge in [0.25, 0.3) is 0 Å². The quantitative estimate of drug-likeness (QED) is 0.779. The SMILES string of the molecule is Cc1nnc2n1CCN(C(=O)Oc1ccccc1)C2. The Balaban J connectivity index is 1.69. The van der Waals surface area contributed by atoms with Gasteiger partial charge in [-0.3, -0.25) is 4.90 Å². The van der Waals surface area contributed by atoms with E-state index in [1.165, 1.54) is 0 Å². The first-order chi connectivity index (χ1) is 9.24. The van der Waals surface area contributed by atoms with Crippen molar-refractivity contribution >= 4 is 6.09 Å². The van der Waals surface area contributed by atoms with Crippen LogP contribution < -0.4 is 4.74 Å². The summed E-state index contributed by atoms with van der Waals surface area (Å²) >= 11 is 0. The van der Waals surface area contributed by atoms with Gasteiger partial charge in [0.1, 0.15) is 11.6 Å². The van der Waals surface area contributed by atoms with Crippen LogP contribution in [0.5, 0.6) is 5.75 Å². The van der Waals surface area contributed by atoms with E-state index in [4.69, 9.17) is 4.74 Å². The number of aryl methyl sites for hydroxylation is 1. The lowest BCUT2D eigenvalue weighted by molar-refractivity contribution is 0.138. The third-order valence-electron chi connectivity index (χ3n) is 3.14. The van der Waals surface area contributed by atoms with E-state index in [1.54, 1.807) is 17.0 Å². The summed E-state index contributed by atoms with van der Waals surface area (Å²) in [6.07, 6.45) is -0.349. The number of benzene rings is 1. The molecule has 1 aliphatic heterocycles. The second kappa shape index (κ2) is 4.72. The van der Waals surface area contributed by atoms with E-state index in [0.717, 1.165) is 11.6 Å². The first-order valence-electron chi connectivity index (χ1n) is 6.14. The molecule has 1 aromatic heterocycles. The normalized spacial score (nSPS) is 14.1. The van der Waals surface area contributed by atoms with Crippen molar-refractivity contribution in [3.63, 3.8) is 0 Å². The topological polar surface area (TPSA) is 60.2 Å². The van der Waals surface area contributed by atoms with E-state index in [9.17, 15) is 4.79 Å². The second-order valence-electron chi connectivity index (χ2n) is 4.42. The third-order valence-corrected chi connectivity index (χ3v) is 3.14. The molecule has 6 nitrogen and oxygen atoms in total. The van der Waals surface area contributed by atoms with Crippen LogP contribution in [0.25, 0.3) is 0 Å². The van der Waals surface area contributed by atoms with E-state index in [-0.39, 0.29) is 6.09 Å². The van der Waals surface area contributed by atoms with Gasteiger partial charge in [0.05, 0.1) is 6.54 Å². The van der Waals surface area contributed by atoms with Crippen molar-refractivity contribution in [1.82, 2.24) is 19.7 Å². The van der Waals surface area contributed by atoms with Gasteiger partial charge in [-0.1, -0.05) is 18.2 Å². The lowest BCUT2D eigenvalue weighted by Gasteiger charge is -2.26. The Morgan fingerprint density at radius 3 is 2.79 bits per heavy atom. The van der Waals surface area contributed by atoms with Gasteiger partial charge in [-0.2, -0.15) is 0 Å². The number of fused-ring (bicyclic) bond motifs is 1. The largest absolute Gasteiger partial charge is 0.415 e. The zero-order valence-electron chi connectivity index (χ0n) is 10.6. The Kier molecular flexibility index (Phi) is 2.91. The minimum atomic E-state index is -0.349. The van der Waals surface area contributed by atoms with Gasteiger partial charge in [-0.05, 0) is 19.1 Å². The highest BCUT2D eigenvalue weighted by Crippen LogP contribution is 2.15. The third kappa shape index (κ3) is 2.29. The summed E-state index contributed by atoms with van der Waals surface area (Å²) < 4.78 is 7.33. The molecule has 0 aliphatic carbocycles. The van der Waals surface area contributed by atoms with E-state index in [1.807, 2.05) is 29.7 Å². The molecule has 1 amide bonds. The molecular formula is C13H14N4O2. The lowest BCUT2D eigenvalue weighted by Crippen LogP contribution is -2.40. The number of rotatable bonds is 1. The minimum Gasteiger partial charge on any atom is -0.410 e. The Hall–Kier alpha value is -2.37. The standard InChI is InChI=1S/C13H14N4O2/c1-10-14-15-12-9-16(7-8-17(10)12)13(18)19-11-5-3-2-4-6-11/h2-6H,7-9H2,1H3. The monoisotopic (exact) mass is 258 g/mol. The van der Waals surface area contributed by atoms with E-state index in [2.05, 4.69) is 10.2 Å². The van der Waals surface area contributed by atoms with Crippen LogP contribution in [0, 0.1) is 6.92 Å². The predicted octanol–water partition coefficient (Wildman–Crippen LogP) is 1.60. The molecule has 0 saturated heterocycles. The molecule has 6 heteroatoms. The van der Waals surface area contributed by atoms with Gasteiger partial charge < -0.3 is 9.30 Å². The molecule has 1 aromatic carbocycles. The summed E-state index contributed by atoms with van der Waals surface area (Å²) in [5.74, 6) is 2.23. The van der Waals surface area contributed by atoms with Crippen LogP contribution in [-0.2, 0) is 13.1 Å². The fraction of sp³-hybridized carbons (Fsp3) is 0.308. The highest BCUT2D eigenvalue weighted by Gasteiger charge is 2.24. The van der Waals surface area contributed by atoms with Gasteiger partial charge in [-0.25, -0.2) is 4.79 Å². The molecular weight excluding hydrogens is 244 g/mol. The minimum absolute atomic E-state index is 0.349. The number of nitrogens with zero attached hydrogens (tertiary/aromatic N) is 4. The molecule has 0 fully saturated rings. The number of hydrogen-bond donors (Lipinski definition) is 0. The first-order valence-corrected chi connectivity index (χ1v) is 6.14. The van der Waals surface area contributed by atoms with Crippen molar-refractivity contribution in [3.8, 4) is 5.75 Å². The van der Waals surface area contributed by atoms with Gasteiger partial charge in [0, 0.05) is 13.1 Å². The smallest absolute Gasteiger partial charge is 0.410 e. The summed E-state index contributed by atoms with van der Waals surface area (Å²) in [5.41, 5.74) is 0.